The lowest BCUT2D eigenvalue weighted by atomic mass is 9.84. The molecule has 3 atom stereocenters. The number of carbonyl (C=O) groups excluding carboxylic acids is 2. The SMILES string of the molecule is Cc1cc(Oc2ncc(C(=O)N[C@H](C)C(=O)N3C(c4cccc(Cl)c4)CCC3C(C)(C)C#N)cc2C)c(=O)[nH]n1. The first kappa shape index (κ1) is 28.8. The van der Waals surface area contributed by atoms with Crippen LogP contribution in [0.25, 0.3) is 0 Å². The lowest BCUT2D eigenvalue weighted by Crippen LogP contribution is -2.52. The highest BCUT2D eigenvalue weighted by molar-refractivity contribution is 6.30. The number of likely N-dealkylation sites (tertiary alicyclic amines) is 1. The van der Waals surface area contributed by atoms with E-state index >= 15 is 0 Å². The Bertz CT molecular complexity index is 1550. The van der Waals surface area contributed by atoms with Gasteiger partial charge in [0.15, 0.2) is 5.75 Å². The summed E-state index contributed by atoms with van der Waals surface area (Å²) in [5.41, 5.74) is 0.908. The number of hydrogen-bond acceptors (Lipinski definition) is 7. The Morgan fingerprint density at radius 1 is 1.25 bits per heavy atom. The second-order valence-corrected chi connectivity index (χ2v) is 11.0. The van der Waals surface area contributed by atoms with Gasteiger partial charge in [-0.3, -0.25) is 14.4 Å². The van der Waals surface area contributed by atoms with Crippen LogP contribution in [0.5, 0.6) is 11.6 Å². The van der Waals surface area contributed by atoms with E-state index in [1.807, 2.05) is 32.0 Å². The Labute approximate surface area is 237 Å². The maximum absolute atomic E-state index is 13.8. The summed E-state index contributed by atoms with van der Waals surface area (Å²) in [6.07, 6.45) is 2.64. The second kappa shape index (κ2) is 11.5. The van der Waals surface area contributed by atoms with Crippen LogP contribution in [-0.4, -0.2) is 44.0 Å². The molecule has 10 nitrogen and oxygen atoms in total. The van der Waals surface area contributed by atoms with E-state index in [1.54, 1.807) is 37.8 Å². The number of nitrogens with zero attached hydrogens (tertiary/aromatic N) is 4. The van der Waals surface area contributed by atoms with Crippen molar-refractivity contribution in [2.24, 2.45) is 5.41 Å². The van der Waals surface area contributed by atoms with Crippen LogP contribution in [0, 0.1) is 30.6 Å². The summed E-state index contributed by atoms with van der Waals surface area (Å²) >= 11 is 6.24. The second-order valence-electron chi connectivity index (χ2n) is 10.6. The van der Waals surface area contributed by atoms with Gasteiger partial charge in [0, 0.05) is 22.8 Å². The Kier molecular flexibility index (Phi) is 8.26. The van der Waals surface area contributed by atoms with E-state index in [2.05, 4.69) is 26.6 Å². The smallest absolute Gasteiger partial charge is 0.307 e. The van der Waals surface area contributed by atoms with Crippen molar-refractivity contribution in [3.8, 4) is 17.7 Å². The zero-order chi connectivity index (χ0) is 29.2. The van der Waals surface area contributed by atoms with E-state index in [9.17, 15) is 19.6 Å². The van der Waals surface area contributed by atoms with Crippen molar-refractivity contribution in [3.63, 3.8) is 0 Å². The third kappa shape index (κ3) is 6.00. The molecule has 1 aliphatic rings. The van der Waals surface area contributed by atoms with Crippen molar-refractivity contribution in [1.82, 2.24) is 25.4 Å². The van der Waals surface area contributed by atoms with Gasteiger partial charge in [-0.1, -0.05) is 23.7 Å². The number of rotatable bonds is 7. The molecule has 4 rings (SSSR count). The minimum absolute atomic E-state index is 0.0363. The van der Waals surface area contributed by atoms with Crippen LogP contribution in [0.3, 0.4) is 0 Å². The Morgan fingerprint density at radius 2 is 2.00 bits per heavy atom. The van der Waals surface area contributed by atoms with E-state index in [1.165, 1.54) is 12.3 Å². The number of aromatic amines is 1. The van der Waals surface area contributed by atoms with Gasteiger partial charge in [0.1, 0.15) is 6.04 Å². The lowest BCUT2D eigenvalue weighted by Gasteiger charge is -2.38. The highest BCUT2D eigenvalue weighted by Crippen LogP contribution is 2.43. The maximum Gasteiger partial charge on any atom is 0.307 e. The van der Waals surface area contributed by atoms with Crippen LogP contribution >= 0.6 is 11.6 Å². The summed E-state index contributed by atoms with van der Waals surface area (Å²) in [5, 5.41) is 19.3. The number of carbonyl (C=O) groups is 2. The molecular weight excluding hydrogens is 532 g/mol. The maximum atomic E-state index is 13.8. The molecule has 2 unspecified atom stereocenters. The van der Waals surface area contributed by atoms with Gasteiger partial charge >= 0.3 is 5.56 Å². The molecule has 3 heterocycles. The van der Waals surface area contributed by atoms with Gasteiger partial charge < -0.3 is 15.0 Å². The Balaban J connectivity index is 1.53. The molecule has 2 aromatic heterocycles. The highest BCUT2D eigenvalue weighted by atomic mass is 35.5. The number of nitriles is 1. The molecule has 0 radical (unpaired) electrons. The number of aryl methyl sites for hydroxylation is 2. The van der Waals surface area contributed by atoms with Crippen molar-refractivity contribution >= 4 is 23.4 Å². The largest absolute Gasteiger partial charge is 0.433 e. The van der Waals surface area contributed by atoms with Crippen LogP contribution in [0.4, 0.5) is 0 Å². The van der Waals surface area contributed by atoms with Crippen LogP contribution in [0.15, 0.2) is 47.4 Å². The predicted octanol–water partition coefficient (Wildman–Crippen LogP) is 4.63. The first-order valence-electron chi connectivity index (χ1n) is 12.9. The van der Waals surface area contributed by atoms with Crippen LogP contribution in [-0.2, 0) is 4.79 Å². The topological polar surface area (TPSA) is 141 Å². The molecule has 11 heteroatoms. The number of benzene rings is 1. The summed E-state index contributed by atoms with van der Waals surface area (Å²) < 4.78 is 5.64. The van der Waals surface area contributed by atoms with Gasteiger partial charge in [0.05, 0.1) is 34.8 Å². The van der Waals surface area contributed by atoms with Crippen molar-refractivity contribution in [2.45, 2.75) is 65.6 Å². The highest BCUT2D eigenvalue weighted by Gasteiger charge is 2.46. The van der Waals surface area contributed by atoms with E-state index in [0.717, 1.165) is 5.56 Å². The molecule has 0 spiro atoms. The first-order chi connectivity index (χ1) is 18.9. The van der Waals surface area contributed by atoms with Gasteiger partial charge in [-0.2, -0.15) is 10.4 Å². The number of ether oxygens (including phenoxy) is 1. The standard InChI is InChI=1S/C29H31ClN6O4/c1-16-11-20(14-32-27(16)40-23-12-17(2)34-35-26(23)38)25(37)33-18(3)28(39)36-22(19-7-6-8-21(30)13-19)9-10-24(36)29(4,5)15-31/h6-8,11-14,18,22,24H,9-10H2,1-5H3,(H,33,37)(H,35,38)/t18-,22?,24?/m1/s1. The molecule has 0 saturated carbocycles. The third-order valence-electron chi connectivity index (χ3n) is 7.11. The molecular formula is C29H31ClN6O4. The lowest BCUT2D eigenvalue weighted by molar-refractivity contribution is -0.137. The molecule has 3 aromatic rings. The van der Waals surface area contributed by atoms with Crippen LogP contribution in [0.1, 0.15) is 66.8 Å². The van der Waals surface area contributed by atoms with E-state index in [4.69, 9.17) is 16.3 Å². The molecule has 2 amide bonds. The summed E-state index contributed by atoms with van der Waals surface area (Å²) in [6, 6.07) is 11.3. The molecule has 0 bridgehead atoms. The van der Waals surface area contributed by atoms with E-state index in [0.29, 0.717) is 29.1 Å². The van der Waals surface area contributed by atoms with Crippen molar-refractivity contribution in [1.29, 1.82) is 5.26 Å². The fourth-order valence-corrected chi connectivity index (χ4v) is 5.16. The number of H-pyrrole nitrogens is 1. The third-order valence-corrected chi connectivity index (χ3v) is 7.34. The number of aromatic nitrogens is 3. The molecule has 1 aliphatic heterocycles. The van der Waals surface area contributed by atoms with Gasteiger partial charge in [0.2, 0.25) is 11.8 Å². The summed E-state index contributed by atoms with van der Waals surface area (Å²) in [7, 11) is 0. The fourth-order valence-electron chi connectivity index (χ4n) is 4.96. The van der Waals surface area contributed by atoms with E-state index in [-0.39, 0.29) is 35.2 Å². The fraction of sp³-hybridized carbons (Fsp3) is 0.379. The molecule has 40 heavy (non-hydrogen) atoms. The zero-order valence-corrected chi connectivity index (χ0v) is 23.7. The number of pyridine rings is 1. The van der Waals surface area contributed by atoms with Crippen LogP contribution in [0.2, 0.25) is 5.02 Å². The van der Waals surface area contributed by atoms with Gasteiger partial charge in [0.25, 0.3) is 5.91 Å². The molecule has 2 N–H and O–H groups in total. The van der Waals surface area contributed by atoms with Crippen LogP contribution < -0.4 is 15.6 Å². The minimum atomic E-state index is -0.876. The number of nitrogens with one attached hydrogen (secondary N) is 2. The first-order valence-corrected chi connectivity index (χ1v) is 13.3. The van der Waals surface area contributed by atoms with Crippen molar-refractivity contribution in [3.05, 3.63) is 80.4 Å². The zero-order valence-electron chi connectivity index (χ0n) is 23.0. The average molecular weight is 563 g/mol. The Morgan fingerprint density at radius 3 is 2.67 bits per heavy atom. The Hall–Kier alpha value is -4.23. The predicted molar refractivity (Wildman–Crippen MR) is 149 cm³/mol. The molecule has 1 fully saturated rings. The molecule has 1 aromatic carbocycles. The number of halogens is 1. The minimum Gasteiger partial charge on any atom is -0.433 e. The van der Waals surface area contributed by atoms with Gasteiger partial charge in [-0.25, -0.2) is 10.1 Å². The van der Waals surface area contributed by atoms with Crippen molar-refractivity contribution in [2.75, 3.05) is 0 Å². The average Bonchev–Trinajstić information content (AvgIpc) is 3.37. The number of hydrogen-bond donors (Lipinski definition) is 2. The van der Waals surface area contributed by atoms with Gasteiger partial charge in [-0.15, -0.1) is 0 Å². The monoisotopic (exact) mass is 562 g/mol. The summed E-state index contributed by atoms with van der Waals surface area (Å²) in [5.74, 6) is -0.578. The van der Waals surface area contributed by atoms with E-state index < -0.39 is 22.9 Å². The summed E-state index contributed by atoms with van der Waals surface area (Å²) in [4.78, 5) is 44.9. The normalized spacial score (nSPS) is 17.7. The summed E-state index contributed by atoms with van der Waals surface area (Å²) in [6.45, 7) is 8.67. The van der Waals surface area contributed by atoms with Crippen molar-refractivity contribution < 1.29 is 14.3 Å². The molecule has 208 valence electrons. The number of amides is 2. The van der Waals surface area contributed by atoms with Gasteiger partial charge in [-0.05, 0) is 71.2 Å². The molecule has 0 aliphatic carbocycles. The molecule has 1 saturated heterocycles. The quantitative estimate of drug-likeness (QED) is 0.427.